The van der Waals surface area contributed by atoms with Crippen molar-refractivity contribution in [2.75, 3.05) is 7.11 Å². The van der Waals surface area contributed by atoms with Gasteiger partial charge in [-0.2, -0.15) is 0 Å². The number of hydrogen-bond donors (Lipinski definition) is 0. The number of benzene rings is 3. The van der Waals surface area contributed by atoms with Crippen LogP contribution in [0.4, 0.5) is 0 Å². The second-order valence-electron chi connectivity index (χ2n) is 17.9. The molecule has 1 radical (unpaired) electrons. The number of rotatable bonds is 9. The van der Waals surface area contributed by atoms with Gasteiger partial charge in [0.2, 0.25) is 5.71 Å². The maximum Gasteiger partial charge on any atom is 0.216 e. The predicted molar refractivity (Wildman–Crippen MR) is 245 cm³/mol. The van der Waals surface area contributed by atoms with Crippen LogP contribution in [-0.4, -0.2) is 30.1 Å². The first-order chi connectivity index (χ1) is 27.8. The van der Waals surface area contributed by atoms with Gasteiger partial charge in [0.1, 0.15) is 0 Å². The number of aromatic nitrogens is 3. The average Bonchev–Trinajstić information content (AvgIpc) is 3.59. The molecule has 5 nitrogen and oxygen atoms in total. The number of ether oxygens (including phenoxy) is 1. The van der Waals surface area contributed by atoms with Gasteiger partial charge in [0, 0.05) is 49.2 Å². The largest absolute Gasteiger partial charge is 0.539 e. The minimum absolute atomic E-state index is 0. The van der Waals surface area contributed by atoms with E-state index in [0.717, 1.165) is 68.2 Å². The van der Waals surface area contributed by atoms with Crippen LogP contribution >= 0.6 is 0 Å². The van der Waals surface area contributed by atoms with Gasteiger partial charge in [0.15, 0.2) is 0 Å². The summed E-state index contributed by atoms with van der Waals surface area (Å²) < 4.78 is 12.3. The summed E-state index contributed by atoms with van der Waals surface area (Å²) in [6.07, 6.45) is 11.8. The minimum Gasteiger partial charge on any atom is -0.539 e. The van der Waals surface area contributed by atoms with E-state index in [1.807, 2.05) is 30.5 Å². The quantitative estimate of drug-likeness (QED) is 0.107. The van der Waals surface area contributed by atoms with Gasteiger partial charge in [-0.3, -0.25) is 0 Å². The van der Waals surface area contributed by atoms with E-state index in [1.54, 1.807) is 7.11 Å². The Bertz CT molecular complexity index is 2510. The molecule has 1 unspecified atom stereocenters. The number of aryl methyl sites for hydroxylation is 3. The molecule has 0 aliphatic heterocycles. The zero-order valence-corrected chi connectivity index (χ0v) is 39.9. The number of furan rings is 1. The Morgan fingerprint density at radius 2 is 1.59 bits per heavy atom. The second-order valence-corrected chi connectivity index (χ2v) is 22.9. The SMILES string of the molecule is CC(C)Cc1cc(-c2[c-]cccc2)ncc1[Si](C)(C)C.COc1c[c-]c(-c2cc(C(C)C3CCCCC3)ccn2)c2oc3nc(-c4c(C)cc(C)cc4C)ccc3c12.[Ir]. The number of hydrogen-bond acceptors (Lipinski definition) is 5. The van der Waals surface area contributed by atoms with E-state index in [1.165, 1.54) is 65.1 Å². The first-order valence-electron chi connectivity index (χ1n) is 21.1. The molecule has 0 bridgehead atoms. The molecule has 1 saturated carbocycles. The second kappa shape index (κ2) is 18.9. The number of pyridine rings is 3. The van der Waals surface area contributed by atoms with Gasteiger partial charge in [-0.25, -0.2) is 4.98 Å². The number of methoxy groups -OCH3 is 1. The van der Waals surface area contributed by atoms with E-state index in [2.05, 4.69) is 133 Å². The van der Waals surface area contributed by atoms with Crippen molar-refractivity contribution in [3.8, 4) is 39.5 Å². The van der Waals surface area contributed by atoms with Gasteiger partial charge in [0.25, 0.3) is 0 Å². The molecule has 309 valence electrons. The van der Waals surface area contributed by atoms with Crippen LogP contribution in [0.2, 0.25) is 19.6 Å². The van der Waals surface area contributed by atoms with Crippen LogP contribution in [0.15, 0.2) is 89.6 Å². The molecule has 0 N–H and O–H groups in total. The van der Waals surface area contributed by atoms with Crippen molar-refractivity contribution < 1.29 is 29.3 Å². The zero-order chi connectivity index (χ0) is 41.1. The van der Waals surface area contributed by atoms with Crippen LogP contribution in [0.1, 0.15) is 86.6 Å². The summed E-state index contributed by atoms with van der Waals surface area (Å²) in [4.78, 5) is 14.4. The molecule has 8 rings (SSSR count). The molecule has 0 spiro atoms. The fourth-order valence-corrected chi connectivity index (χ4v) is 10.6. The predicted octanol–water partition coefficient (Wildman–Crippen LogP) is 13.4. The van der Waals surface area contributed by atoms with Crippen molar-refractivity contribution in [1.29, 1.82) is 0 Å². The van der Waals surface area contributed by atoms with Crippen LogP contribution < -0.4 is 9.92 Å². The standard InChI is InChI=1S/C34H35N2O2.C18H24NSi.Ir/c1-20-17-21(2)31(22(3)18-20)28-13-11-27-32-30(37-5)14-12-26(33(32)38-34(27)36-28)29-19-25(15-16-35-29)23(4)24-9-7-6-8-10-24;1-14(2)11-16-12-17(15-9-7-6-8-10-15)19-13-18(16)20(3,4)5;/h11,13-19,23-24H,6-10H2,1-5H3;6-9,12-14H,11H2,1-5H3;/q2*-1;. The Morgan fingerprint density at radius 1 is 0.847 bits per heavy atom. The van der Waals surface area contributed by atoms with E-state index in [-0.39, 0.29) is 20.1 Å². The van der Waals surface area contributed by atoms with Gasteiger partial charge in [-0.15, -0.1) is 48.0 Å². The van der Waals surface area contributed by atoms with Crippen LogP contribution in [0.5, 0.6) is 5.75 Å². The van der Waals surface area contributed by atoms with Crippen molar-refractivity contribution in [3.63, 3.8) is 0 Å². The molecule has 1 aliphatic carbocycles. The van der Waals surface area contributed by atoms with Gasteiger partial charge < -0.3 is 19.1 Å². The summed E-state index contributed by atoms with van der Waals surface area (Å²) in [5.41, 5.74) is 13.7. The molecule has 0 amide bonds. The Labute approximate surface area is 366 Å². The molecule has 1 atom stereocenters. The molecule has 4 heterocycles. The summed E-state index contributed by atoms with van der Waals surface area (Å²) >= 11 is 0. The van der Waals surface area contributed by atoms with E-state index in [0.29, 0.717) is 17.5 Å². The summed E-state index contributed by atoms with van der Waals surface area (Å²) in [5, 5.41) is 3.34. The van der Waals surface area contributed by atoms with Crippen molar-refractivity contribution in [2.45, 2.75) is 106 Å². The Hall–Kier alpha value is -4.42. The van der Waals surface area contributed by atoms with Crippen LogP contribution in [0, 0.1) is 44.7 Å². The Balaban J connectivity index is 0.000000236. The van der Waals surface area contributed by atoms with Crippen LogP contribution in [0.25, 0.3) is 55.8 Å². The summed E-state index contributed by atoms with van der Waals surface area (Å²) in [6.45, 7) is 20.5. The normalized spacial score (nSPS) is 13.9. The first kappa shape index (κ1) is 44.1. The number of nitrogens with zero attached hydrogens (tertiary/aromatic N) is 3. The molecule has 7 heteroatoms. The summed E-state index contributed by atoms with van der Waals surface area (Å²) in [5.74, 6) is 2.64. The third kappa shape index (κ3) is 9.80. The molecular formula is C52H59IrN3O2Si-2. The van der Waals surface area contributed by atoms with E-state index >= 15 is 0 Å². The fraction of sp³-hybridized carbons (Fsp3) is 0.365. The first-order valence-corrected chi connectivity index (χ1v) is 24.6. The molecule has 3 aromatic carbocycles. The molecule has 1 aliphatic rings. The van der Waals surface area contributed by atoms with Crippen molar-refractivity contribution in [2.24, 2.45) is 11.8 Å². The van der Waals surface area contributed by atoms with Crippen molar-refractivity contribution >= 4 is 35.3 Å². The molecule has 0 saturated heterocycles. The van der Waals surface area contributed by atoms with Crippen LogP contribution in [0.3, 0.4) is 0 Å². The average molecular weight is 978 g/mol. The number of fused-ring (bicyclic) bond motifs is 3. The van der Waals surface area contributed by atoms with Crippen LogP contribution in [-0.2, 0) is 26.5 Å². The Kier molecular flexibility index (Phi) is 14.1. The van der Waals surface area contributed by atoms with E-state index < -0.39 is 8.07 Å². The molecular weight excluding hydrogens is 919 g/mol. The summed E-state index contributed by atoms with van der Waals surface area (Å²) in [6, 6.07) is 31.9. The van der Waals surface area contributed by atoms with E-state index in [9.17, 15) is 0 Å². The third-order valence-corrected chi connectivity index (χ3v) is 13.9. The smallest absolute Gasteiger partial charge is 0.216 e. The van der Waals surface area contributed by atoms with Gasteiger partial charge >= 0.3 is 0 Å². The maximum atomic E-state index is 6.50. The van der Waals surface area contributed by atoms with Gasteiger partial charge in [0.05, 0.1) is 26.5 Å². The monoisotopic (exact) mass is 978 g/mol. The van der Waals surface area contributed by atoms with Gasteiger partial charge in [-0.1, -0.05) is 106 Å². The molecule has 1 fully saturated rings. The minimum atomic E-state index is -1.34. The topological polar surface area (TPSA) is 61.0 Å². The van der Waals surface area contributed by atoms with Crippen molar-refractivity contribution in [3.05, 3.63) is 125 Å². The summed E-state index contributed by atoms with van der Waals surface area (Å²) in [7, 11) is 0.346. The molecule has 59 heavy (non-hydrogen) atoms. The Morgan fingerprint density at radius 3 is 2.25 bits per heavy atom. The molecule has 4 aromatic heterocycles. The maximum absolute atomic E-state index is 6.50. The molecule has 7 aromatic rings. The zero-order valence-electron chi connectivity index (χ0n) is 36.5. The van der Waals surface area contributed by atoms with Crippen molar-refractivity contribution in [1.82, 2.24) is 15.0 Å². The van der Waals surface area contributed by atoms with E-state index in [4.69, 9.17) is 19.1 Å². The fourth-order valence-electron chi connectivity index (χ4n) is 9.00. The third-order valence-electron chi connectivity index (χ3n) is 11.9. The van der Waals surface area contributed by atoms with Gasteiger partial charge in [-0.05, 0) is 109 Å².